The lowest BCUT2D eigenvalue weighted by Crippen LogP contribution is -1.98. The fraction of sp³-hybridized carbons (Fsp3) is 0.412. The Bertz CT molecular complexity index is 471. The highest BCUT2D eigenvalue weighted by molar-refractivity contribution is 5.75. The Hall–Kier alpha value is -1.48. The first kappa shape index (κ1) is 12.0. The smallest absolute Gasteiger partial charge is 0.0248 e. The normalized spacial score (nSPS) is 15.0. The zero-order valence-corrected chi connectivity index (χ0v) is 10.8. The van der Waals surface area contributed by atoms with Gasteiger partial charge in [0.1, 0.15) is 0 Å². The van der Waals surface area contributed by atoms with Crippen molar-refractivity contribution in [2.45, 2.75) is 39.5 Å². The first-order valence-corrected chi connectivity index (χ1v) is 6.56. The molecule has 88 valence electrons. The number of hydrogen-bond donors (Lipinski definition) is 0. The Morgan fingerprint density at radius 1 is 1.41 bits per heavy atom. The Labute approximate surface area is 105 Å². The molecule has 0 aliphatic heterocycles. The molecule has 0 saturated carbocycles. The monoisotopic (exact) mass is 224 g/mol. The van der Waals surface area contributed by atoms with E-state index in [9.17, 15) is 0 Å². The van der Waals surface area contributed by atoms with Crippen LogP contribution in [0.4, 0.5) is 0 Å². The molecule has 0 fully saturated rings. The number of fused-ring (bicyclic) bond motifs is 1. The lowest BCUT2D eigenvalue weighted by molar-refractivity contribution is 0.611. The third-order valence-corrected chi connectivity index (χ3v) is 3.65. The summed E-state index contributed by atoms with van der Waals surface area (Å²) in [6.45, 7) is 4.58. The van der Waals surface area contributed by atoms with Gasteiger partial charge in [0.2, 0.25) is 0 Å². The van der Waals surface area contributed by atoms with Crippen LogP contribution in [-0.4, -0.2) is 0 Å². The number of benzene rings is 1. The minimum Gasteiger partial charge on any atom is -0.115 e. The summed E-state index contributed by atoms with van der Waals surface area (Å²) < 4.78 is 0. The molecule has 2 rings (SSSR count). The summed E-state index contributed by atoms with van der Waals surface area (Å²) >= 11 is 0. The Balaban J connectivity index is 2.22. The predicted octanol–water partition coefficient (Wildman–Crippen LogP) is 4.43. The number of hydrogen-bond acceptors (Lipinski definition) is 0. The van der Waals surface area contributed by atoms with Gasteiger partial charge in [-0.05, 0) is 47.6 Å². The van der Waals surface area contributed by atoms with Gasteiger partial charge in [0.25, 0.3) is 0 Å². The minimum atomic E-state index is 0.657. The van der Waals surface area contributed by atoms with Gasteiger partial charge < -0.3 is 0 Å². The molecule has 0 nitrogen and oxygen atoms in total. The minimum absolute atomic E-state index is 0.657. The van der Waals surface area contributed by atoms with Crippen LogP contribution in [0.25, 0.3) is 5.57 Å². The first-order chi connectivity index (χ1) is 8.26. The number of rotatable bonds is 4. The van der Waals surface area contributed by atoms with Gasteiger partial charge in [0.05, 0.1) is 0 Å². The van der Waals surface area contributed by atoms with E-state index in [0.717, 1.165) is 12.0 Å². The summed E-state index contributed by atoms with van der Waals surface area (Å²) in [5.41, 5.74) is 5.33. The van der Waals surface area contributed by atoms with Crippen molar-refractivity contribution in [3.63, 3.8) is 0 Å². The third-order valence-electron chi connectivity index (χ3n) is 3.65. The number of unbranched alkanes of at least 4 members (excludes halogenated alkanes) is 1. The maximum atomic E-state index is 5.48. The number of terminal acetylenes is 1. The van der Waals surface area contributed by atoms with Crippen LogP contribution in [0.1, 0.15) is 49.8 Å². The van der Waals surface area contributed by atoms with Crippen molar-refractivity contribution >= 4 is 5.57 Å². The van der Waals surface area contributed by atoms with Crippen LogP contribution < -0.4 is 0 Å². The quantitative estimate of drug-likeness (QED) is 0.663. The lowest BCUT2D eigenvalue weighted by atomic mass is 9.90. The SMILES string of the molecule is C#Cc1ccc2c(c1)C(C(C)CCCC)=CC2. The van der Waals surface area contributed by atoms with Crippen molar-refractivity contribution < 1.29 is 0 Å². The van der Waals surface area contributed by atoms with Gasteiger partial charge in [-0.15, -0.1) is 6.42 Å². The highest BCUT2D eigenvalue weighted by Crippen LogP contribution is 2.35. The summed E-state index contributed by atoms with van der Waals surface area (Å²) in [6.07, 6.45) is 12.8. The zero-order chi connectivity index (χ0) is 12.3. The molecule has 0 spiro atoms. The predicted molar refractivity (Wildman–Crippen MR) is 74.7 cm³/mol. The molecule has 0 aromatic heterocycles. The van der Waals surface area contributed by atoms with E-state index in [1.807, 2.05) is 6.07 Å². The summed E-state index contributed by atoms with van der Waals surface area (Å²) in [5.74, 6) is 3.39. The molecule has 1 unspecified atom stereocenters. The van der Waals surface area contributed by atoms with Gasteiger partial charge in [-0.1, -0.05) is 44.8 Å². The van der Waals surface area contributed by atoms with Crippen LogP contribution in [0.2, 0.25) is 0 Å². The molecule has 1 aliphatic rings. The molecule has 17 heavy (non-hydrogen) atoms. The molecule has 0 amide bonds. The van der Waals surface area contributed by atoms with Gasteiger partial charge in [-0.3, -0.25) is 0 Å². The summed E-state index contributed by atoms with van der Waals surface area (Å²) in [7, 11) is 0. The van der Waals surface area contributed by atoms with Crippen LogP contribution in [0, 0.1) is 18.3 Å². The van der Waals surface area contributed by atoms with E-state index in [2.05, 4.69) is 38.0 Å². The van der Waals surface area contributed by atoms with E-state index in [1.165, 1.54) is 36.0 Å². The van der Waals surface area contributed by atoms with Crippen molar-refractivity contribution in [3.05, 3.63) is 41.0 Å². The molecule has 0 bridgehead atoms. The summed E-state index contributed by atoms with van der Waals surface area (Å²) in [4.78, 5) is 0. The summed E-state index contributed by atoms with van der Waals surface area (Å²) in [6, 6.07) is 6.41. The van der Waals surface area contributed by atoms with Gasteiger partial charge in [-0.2, -0.15) is 0 Å². The molecular formula is C17H20. The van der Waals surface area contributed by atoms with E-state index < -0.39 is 0 Å². The Kier molecular flexibility index (Phi) is 3.69. The van der Waals surface area contributed by atoms with E-state index in [0.29, 0.717) is 5.92 Å². The molecule has 1 aromatic rings. The van der Waals surface area contributed by atoms with Crippen LogP contribution in [0.15, 0.2) is 24.3 Å². The molecule has 0 heteroatoms. The van der Waals surface area contributed by atoms with E-state index in [4.69, 9.17) is 6.42 Å². The van der Waals surface area contributed by atoms with Crippen molar-refractivity contribution in [2.24, 2.45) is 5.92 Å². The van der Waals surface area contributed by atoms with Crippen LogP contribution in [0.3, 0.4) is 0 Å². The largest absolute Gasteiger partial charge is 0.115 e. The van der Waals surface area contributed by atoms with Crippen molar-refractivity contribution in [1.82, 2.24) is 0 Å². The standard InChI is InChI=1S/C17H20/c1-4-6-7-13(3)16-11-10-15-9-8-14(5-2)12-17(15)16/h2,8-9,11-13H,4,6-7,10H2,1,3H3. The average Bonchev–Trinajstić information content (AvgIpc) is 2.78. The fourth-order valence-corrected chi connectivity index (χ4v) is 2.58. The lowest BCUT2D eigenvalue weighted by Gasteiger charge is -2.14. The Morgan fingerprint density at radius 3 is 2.94 bits per heavy atom. The second-order valence-electron chi connectivity index (χ2n) is 4.92. The van der Waals surface area contributed by atoms with Crippen LogP contribution >= 0.6 is 0 Å². The topological polar surface area (TPSA) is 0 Å². The second kappa shape index (κ2) is 5.23. The van der Waals surface area contributed by atoms with Gasteiger partial charge in [0.15, 0.2) is 0 Å². The fourth-order valence-electron chi connectivity index (χ4n) is 2.58. The molecule has 0 saturated heterocycles. The van der Waals surface area contributed by atoms with Crippen LogP contribution in [-0.2, 0) is 6.42 Å². The first-order valence-electron chi connectivity index (χ1n) is 6.56. The molecule has 0 N–H and O–H groups in total. The van der Waals surface area contributed by atoms with Crippen molar-refractivity contribution in [1.29, 1.82) is 0 Å². The van der Waals surface area contributed by atoms with Gasteiger partial charge in [0, 0.05) is 5.56 Å². The molecule has 1 atom stereocenters. The highest BCUT2D eigenvalue weighted by atomic mass is 14.2. The van der Waals surface area contributed by atoms with E-state index >= 15 is 0 Å². The molecule has 1 aromatic carbocycles. The molecular weight excluding hydrogens is 204 g/mol. The molecule has 0 heterocycles. The Morgan fingerprint density at radius 2 is 2.24 bits per heavy atom. The van der Waals surface area contributed by atoms with E-state index in [1.54, 1.807) is 0 Å². The average molecular weight is 224 g/mol. The maximum Gasteiger partial charge on any atom is 0.0248 e. The van der Waals surface area contributed by atoms with Gasteiger partial charge >= 0.3 is 0 Å². The zero-order valence-electron chi connectivity index (χ0n) is 10.8. The maximum absolute atomic E-state index is 5.48. The third kappa shape index (κ3) is 2.44. The van der Waals surface area contributed by atoms with Crippen molar-refractivity contribution in [2.75, 3.05) is 0 Å². The van der Waals surface area contributed by atoms with Crippen molar-refractivity contribution in [3.8, 4) is 12.3 Å². The van der Waals surface area contributed by atoms with E-state index in [-0.39, 0.29) is 0 Å². The molecule has 0 radical (unpaired) electrons. The van der Waals surface area contributed by atoms with Gasteiger partial charge in [-0.25, -0.2) is 0 Å². The molecule has 1 aliphatic carbocycles. The second-order valence-corrected chi connectivity index (χ2v) is 4.92. The van der Waals surface area contributed by atoms with Crippen LogP contribution in [0.5, 0.6) is 0 Å². The highest BCUT2D eigenvalue weighted by Gasteiger charge is 2.18. The number of allylic oxidation sites excluding steroid dienone is 2. The summed E-state index contributed by atoms with van der Waals surface area (Å²) in [5, 5.41) is 0.